The summed E-state index contributed by atoms with van der Waals surface area (Å²) in [5.74, 6) is -0.0781. The number of allylic oxidation sites excluding steroid dienone is 11. The van der Waals surface area contributed by atoms with Crippen LogP contribution in [0.3, 0.4) is 0 Å². The summed E-state index contributed by atoms with van der Waals surface area (Å²) >= 11 is 0. The molecule has 0 spiro atoms. The standard InChI is InChI=1S/C48H85NO3/c1-3-5-7-9-11-13-15-17-18-19-20-21-22-23-24-25-26-27-28-29-30-32-34-36-38-40-42-44-48(52)49-46(45-50)47(51)43-41-39-37-35-33-31-16-14-12-10-8-6-4-2/h5,7,11,13,17-18,20-21,33,35,41,43,46-47,50-51H,3-4,6,8-10,12,14-16,19,22-32,34,36-40,42,44-45H2,1-2H3,(H,49,52)/b7-5-,13-11-,18-17-,21-20-,35-33+,43-41+. The molecular formula is C48H85NO3. The number of carbonyl (C=O) groups excluding carboxylic acids is 1. The van der Waals surface area contributed by atoms with Gasteiger partial charge in [0.15, 0.2) is 0 Å². The van der Waals surface area contributed by atoms with E-state index >= 15 is 0 Å². The molecule has 0 bridgehead atoms. The van der Waals surface area contributed by atoms with Gasteiger partial charge in [-0.05, 0) is 70.6 Å². The summed E-state index contributed by atoms with van der Waals surface area (Å²) < 4.78 is 0. The number of aliphatic hydroxyl groups excluding tert-OH is 2. The van der Waals surface area contributed by atoms with E-state index in [4.69, 9.17) is 0 Å². The molecule has 0 aliphatic heterocycles. The molecule has 4 heteroatoms. The van der Waals surface area contributed by atoms with Gasteiger partial charge in [0.25, 0.3) is 0 Å². The van der Waals surface area contributed by atoms with Crippen LogP contribution in [0.1, 0.15) is 206 Å². The number of nitrogens with one attached hydrogen (secondary N) is 1. The van der Waals surface area contributed by atoms with Gasteiger partial charge in [-0.1, -0.05) is 202 Å². The van der Waals surface area contributed by atoms with Gasteiger partial charge in [-0.2, -0.15) is 0 Å². The van der Waals surface area contributed by atoms with E-state index in [9.17, 15) is 15.0 Å². The molecular weight excluding hydrogens is 639 g/mol. The first kappa shape index (κ1) is 49.8. The van der Waals surface area contributed by atoms with Gasteiger partial charge in [-0.3, -0.25) is 4.79 Å². The summed E-state index contributed by atoms with van der Waals surface area (Å²) in [5.41, 5.74) is 0. The molecule has 2 atom stereocenters. The molecule has 2 unspecified atom stereocenters. The Hall–Kier alpha value is -2.17. The van der Waals surface area contributed by atoms with Crippen LogP contribution in [0.5, 0.6) is 0 Å². The first-order chi connectivity index (χ1) is 25.7. The van der Waals surface area contributed by atoms with E-state index in [0.717, 1.165) is 57.8 Å². The van der Waals surface area contributed by atoms with Crippen LogP contribution in [0, 0.1) is 0 Å². The van der Waals surface area contributed by atoms with Crippen molar-refractivity contribution >= 4 is 5.91 Å². The summed E-state index contributed by atoms with van der Waals surface area (Å²) in [5, 5.41) is 22.9. The second-order valence-corrected chi connectivity index (χ2v) is 14.7. The Kier molecular flexibility index (Phi) is 41.4. The Morgan fingerprint density at radius 1 is 0.481 bits per heavy atom. The highest BCUT2D eigenvalue weighted by Gasteiger charge is 2.17. The van der Waals surface area contributed by atoms with Crippen molar-refractivity contribution in [3.8, 4) is 0 Å². The summed E-state index contributed by atoms with van der Waals surface area (Å²) in [6.07, 6.45) is 61.6. The number of aliphatic hydroxyl groups is 2. The zero-order valence-electron chi connectivity index (χ0n) is 34.3. The van der Waals surface area contributed by atoms with Gasteiger partial charge in [-0.25, -0.2) is 0 Å². The largest absolute Gasteiger partial charge is 0.394 e. The molecule has 0 aromatic heterocycles. The van der Waals surface area contributed by atoms with Crippen molar-refractivity contribution in [1.82, 2.24) is 5.32 Å². The van der Waals surface area contributed by atoms with E-state index in [2.05, 4.69) is 79.9 Å². The average Bonchev–Trinajstić information content (AvgIpc) is 3.15. The van der Waals surface area contributed by atoms with Gasteiger partial charge < -0.3 is 15.5 Å². The van der Waals surface area contributed by atoms with Gasteiger partial charge in [-0.15, -0.1) is 0 Å². The van der Waals surface area contributed by atoms with Crippen molar-refractivity contribution in [3.05, 3.63) is 72.9 Å². The Labute approximate surface area is 323 Å². The minimum Gasteiger partial charge on any atom is -0.394 e. The maximum Gasteiger partial charge on any atom is 0.220 e. The van der Waals surface area contributed by atoms with Gasteiger partial charge >= 0.3 is 0 Å². The SMILES string of the molecule is CC/C=C\C/C=C\C/C=C\C/C=C\CCCCCCCCCCCCCCCCC(=O)NC(CO)C(O)/C=C/CC/C=C/CCCCCCCCC. The third-order valence-corrected chi connectivity index (χ3v) is 9.67. The van der Waals surface area contributed by atoms with E-state index in [0.29, 0.717) is 6.42 Å². The van der Waals surface area contributed by atoms with Crippen molar-refractivity contribution in [2.75, 3.05) is 6.61 Å². The molecule has 3 N–H and O–H groups in total. The Bertz CT molecular complexity index is 915. The molecule has 0 radical (unpaired) electrons. The maximum absolute atomic E-state index is 12.4. The van der Waals surface area contributed by atoms with Crippen LogP contribution in [0.2, 0.25) is 0 Å². The molecule has 0 heterocycles. The number of unbranched alkanes of at least 4 members (excludes halogenated alkanes) is 22. The fourth-order valence-electron chi connectivity index (χ4n) is 6.30. The second kappa shape index (κ2) is 43.2. The van der Waals surface area contributed by atoms with Crippen LogP contribution in [0.25, 0.3) is 0 Å². The normalized spacial score (nSPS) is 13.7. The van der Waals surface area contributed by atoms with Gasteiger partial charge in [0, 0.05) is 6.42 Å². The number of carbonyl (C=O) groups is 1. The van der Waals surface area contributed by atoms with Gasteiger partial charge in [0.1, 0.15) is 0 Å². The molecule has 0 fully saturated rings. The summed E-state index contributed by atoms with van der Waals surface area (Å²) in [6.45, 7) is 4.17. The summed E-state index contributed by atoms with van der Waals surface area (Å²) in [6, 6.07) is -0.641. The molecule has 0 rings (SSSR count). The van der Waals surface area contributed by atoms with E-state index in [1.54, 1.807) is 6.08 Å². The van der Waals surface area contributed by atoms with Crippen LogP contribution in [-0.2, 0) is 4.79 Å². The molecule has 300 valence electrons. The van der Waals surface area contributed by atoms with Crippen molar-refractivity contribution in [1.29, 1.82) is 0 Å². The topological polar surface area (TPSA) is 69.6 Å². The Balaban J connectivity index is 3.56. The average molecular weight is 724 g/mol. The minimum absolute atomic E-state index is 0.0781. The van der Waals surface area contributed by atoms with E-state index in [-0.39, 0.29) is 12.5 Å². The lowest BCUT2D eigenvalue weighted by molar-refractivity contribution is -0.123. The highest BCUT2D eigenvalue weighted by Crippen LogP contribution is 2.14. The third kappa shape index (κ3) is 39.0. The molecule has 0 saturated heterocycles. The summed E-state index contributed by atoms with van der Waals surface area (Å²) in [7, 11) is 0. The fourth-order valence-corrected chi connectivity index (χ4v) is 6.30. The maximum atomic E-state index is 12.4. The lowest BCUT2D eigenvalue weighted by Crippen LogP contribution is -2.45. The van der Waals surface area contributed by atoms with Crippen LogP contribution in [0.15, 0.2) is 72.9 Å². The number of rotatable bonds is 39. The first-order valence-corrected chi connectivity index (χ1v) is 22.2. The Morgan fingerprint density at radius 3 is 1.35 bits per heavy atom. The minimum atomic E-state index is -0.863. The monoisotopic (exact) mass is 724 g/mol. The number of hydrogen-bond donors (Lipinski definition) is 3. The van der Waals surface area contributed by atoms with Crippen molar-refractivity contribution in [3.63, 3.8) is 0 Å². The highest BCUT2D eigenvalue weighted by molar-refractivity contribution is 5.76. The number of amides is 1. The lowest BCUT2D eigenvalue weighted by Gasteiger charge is -2.19. The molecule has 0 aliphatic carbocycles. The van der Waals surface area contributed by atoms with E-state index < -0.39 is 12.1 Å². The van der Waals surface area contributed by atoms with Crippen LogP contribution < -0.4 is 5.32 Å². The smallest absolute Gasteiger partial charge is 0.220 e. The quantitative estimate of drug-likeness (QED) is 0.0437. The predicted molar refractivity (Wildman–Crippen MR) is 230 cm³/mol. The van der Waals surface area contributed by atoms with Crippen molar-refractivity contribution in [2.45, 2.75) is 219 Å². The molecule has 0 aromatic carbocycles. The first-order valence-electron chi connectivity index (χ1n) is 22.2. The molecule has 0 saturated carbocycles. The summed E-state index contributed by atoms with van der Waals surface area (Å²) in [4.78, 5) is 12.4. The Morgan fingerprint density at radius 2 is 0.865 bits per heavy atom. The van der Waals surface area contributed by atoms with E-state index in [1.165, 1.54) is 128 Å². The predicted octanol–water partition coefficient (Wildman–Crippen LogP) is 13.9. The van der Waals surface area contributed by atoms with Gasteiger partial charge in [0.2, 0.25) is 5.91 Å². The molecule has 0 aliphatic rings. The lowest BCUT2D eigenvalue weighted by atomic mass is 10.0. The molecule has 0 aromatic rings. The van der Waals surface area contributed by atoms with Crippen LogP contribution in [0.4, 0.5) is 0 Å². The van der Waals surface area contributed by atoms with E-state index in [1.807, 2.05) is 6.08 Å². The van der Waals surface area contributed by atoms with Crippen LogP contribution in [-0.4, -0.2) is 34.9 Å². The van der Waals surface area contributed by atoms with Crippen molar-refractivity contribution < 1.29 is 15.0 Å². The molecule has 1 amide bonds. The second-order valence-electron chi connectivity index (χ2n) is 14.7. The number of hydrogen-bond acceptors (Lipinski definition) is 3. The fraction of sp³-hybridized carbons (Fsp3) is 0.729. The van der Waals surface area contributed by atoms with Crippen molar-refractivity contribution in [2.24, 2.45) is 0 Å². The van der Waals surface area contributed by atoms with Crippen LogP contribution >= 0.6 is 0 Å². The zero-order chi connectivity index (χ0) is 37.8. The third-order valence-electron chi connectivity index (χ3n) is 9.67. The highest BCUT2D eigenvalue weighted by atomic mass is 16.3. The molecule has 52 heavy (non-hydrogen) atoms. The zero-order valence-corrected chi connectivity index (χ0v) is 34.3. The van der Waals surface area contributed by atoms with Gasteiger partial charge in [0.05, 0.1) is 18.8 Å². The molecule has 4 nitrogen and oxygen atoms in total.